The van der Waals surface area contributed by atoms with E-state index < -0.39 is 46.3 Å². The van der Waals surface area contributed by atoms with Crippen LogP contribution in [-0.2, 0) is 24.6 Å². The number of benzene rings is 4. The summed E-state index contributed by atoms with van der Waals surface area (Å²) in [6.45, 7) is 3.22. The minimum absolute atomic E-state index is 0.0770. The Balaban J connectivity index is 1.32. The van der Waals surface area contributed by atoms with Crippen molar-refractivity contribution in [1.29, 1.82) is 0 Å². The van der Waals surface area contributed by atoms with E-state index in [1.54, 1.807) is 26.2 Å². The fourth-order valence-corrected chi connectivity index (χ4v) is 7.64. The van der Waals surface area contributed by atoms with E-state index in [4.69, 9.17) is 34.8 Å². The SMILES string of the molecule is C#C[C@@]1(O)[C@H](O)[C@@H](COS(=O)(=O)c2ccc(C)cc2)O[C@H]1n1cnc2c(OCC)nc(NC(c3ccccc3)(c3ccccc3)c3ccc(OC)cc3)nc21. The van der Waals surface area contributed by atoms with E-state index >= 15 is 0 Å². The Kier molecular flexibility index (Phi) is 10.3. The second kappa shape index (κ2) is 15.1. The van der Waals surface area contributed by atoms with Gasteiger partial charge in [-0.1, -0.05) is 96.4 Å². The van der Waals surface area contributed by atoms with Crippen molar-refractivity contribution in [3.63, 3.8) is 0 Å². The number of fused-ring (bicyclic) bond motifs is 1. The first-order valence-electron chi connectivity index (χ1n) is 17.4. The molecule has 13 nitrogen and oxygen atoms in total. The molecule has 6 aromatic rings. The van der Waals surface area contributed by atoms with Crippen LogP contribution in [0.4, 0.5) is 5.95 Å². The van der Waals surface area contributed by atoms with Gasteiger partial charge in [0.1, 0.15) is 23.5 Å². The molecular weight excluding hydrogens is 723 g/mol. The number of aryl methyl sites for hydroxylation is 1. The predicted molar refractivity (Wildman–Crippen MR) is 204 cm³/mol. The molecule has 3 heterocycles. The maximum atomic E-state index is 13.0. The van der Waals surface area contributed by atoms with E-state index in [1.807, 2.05) is 91.9 Å². The molecule has 0 amide bonds. The number of aliphatic hydroxyl groups is 2. The van der Waals surface area contributed by atoms with Crippen LogP contribution >= 0.6 is 0 Å². The van der Waals surface area contributed by atoms with Crippen molar-refractivity contribution in [2.24, 2.45) is 0 Å². The number of rotatable bonds is 13. The fourth-order valence-electron chi connectivity index (χ4n) is 6.72. The molecule has 4 aromatic carbocycles. The second-order valence-electron chi connectivity index (χ2n) is 12.9. The van der Waals surface area contributed by atoms with Gasteiger partial charge in [0.05, 0.1) is 31.5 Å². The lowest BCUT2D eigenvalue weighted by Gasteiger charge is -2.37. The third kappa shape index (κ3) is 6.88. The Bertz CT molecular complexity index is 2380. The van der Waals surface area contributed by atoms with Crippen LogP contribution in [0, 0.1) is 19.3 Å². The molecule has 55 heavy (non-hydrogen) atoms. The normalized spacial score (nSPS) is 19.9. The third-order valence-corrected chi connectivity index (χ3v) is 10.9. The molecule has 0 bridgehead atoms. The number of ether oxygens (including phenoxy) is 3. The van der Waals surface area contributed by atoms with Gasteiger partial charge < -0.3 is 29.7 Å². The number of aliphatic hydroxyl groups excluding tert-OH is 1. The maximum absolute atomic E-state index is 13.0. The Morgan fingerprint density at radius 3 is 2.15 bits per heavy atom. The molecule has 0 radical (unpaired) electrons. The zero-order valence-corrected chi connectivity index (χ0v) is 31.1. The second-order valence-corrected chi connectivity index (χ2v) is 14.6. The average molecular weight is 762 g/mol. The third-order valence-electron chi connectivity index (χ3n) is 9.57. The van der Waals surface area contributed by atoms with E-state index in [0.29, 0.717) is 5.75 Å². The minimum atomic E-state index is -4.24. The summed E-state index contributed by atoms with van der Waals surface area (Å²) in [7, 11) is -2.64. The summed E-state index contributed by atoms with van der Waals surface area (Å²) in [5.41, 5.74) is 0.383. The van der Waals surface area contributed by atoms with Crippen LogP contribution in [0.5, 0.6) is 11.6 Å². The summed E-state index contributed by atoms with van der Waals surface area (Å²) < 4.78 is 50.2. The van der Waals surface area contributed by atoms with Crippen LogP contribution in [0.25, 0.3) is 11.2 Å². The summed E-state index contributed by atoms with van der Waals surface area (Å²) in [5.74, 6) is 3.18. The average Bonchev–Trinajstić information content (AvgIpc) is 3.74. The molecule has 14 heteroatoms. The van der Waals surface area contributed by atoms with Crippen molar-refractivity contribution < 1.29 is 37.0 Å². The van der Waals surface area contributed by atoms with Crippen molar-refractivity contribution in [2.75, 3.05) is 25.6 Å². The summed E-state index contributed by atoms with van der Waals surface area (Å²) in [5, 5.41) is 26.7. The van der Waals surface area contributed by atoms with E-state index in [9.17, 15) is 18.6 Å². The molecule has 3 N–H and O–H groups in total. The smallest absolute Gasteiger partial charge is 0.297 e. The van der Waals surface area contributed by atoms with Crippen LogP contribution < -0.4 is 14.8 Å². The van der Waals surface area contributed by atoms with E-state index in [0.717, 1.165) is 22.3 Å². The summed E-state index contributed by atoms with van der Waals surface area (Å²) in [4.78, 5) is 14.1. The van der Waals surface area contributed by atoms with E-state index in [-0.39, 0.29) is 34.5 Å². The van der Waals surface area contributed by atoms with Crippen LogP contribution in [0.15, 0.2) is 120 Å². The van der Waals surface area contributed by atoms with Gasteiger partial charge in [0.25, 0.3) is 10.1 Å². The topological polar surface area (TPSA) is 167 Å². The summed E-state index contributed by atoms with van der Waals surface area (Å²) >= 11 is 0. The largest absolute Gasteiger partial charge is 0.497 e. The number of nitrogens with zero attached hydrogens (tertiary/aromatic N) is 4. The summed E-state index contributed by atoms with van der Waals surface area (Å²) in [6.07, 6.45) is 2.56. The quantitative estimate of drug-likeness (QED) is 0.0823. The lowest BCUT2D eigenvalue weighted by molar-refractivity contribution is -0.0709. The molecule has 2 aromatic heterocycles. The standard InChI is InChI=1S/C41H39N5O8S/c1-5-40(48)35(47)33(25-53-55(49,50)32-23-17-27(3)18-24-32)54-38(40)46-26-42-34-36(46)43-39(44-37(34)52-6-2)45-41(28-13-9-7-10-14-28,29-15-11-8-12-16-29)30-19-21-31(51-4)22-20-30/h1,7-24,26,33,35,38,47-48H,6,25H2,2-4H3,(H,43,44,45)/t33-,35-,38-,40-/m1/s1. The summed E-state index contributed by atoms with van der Waals surface area (Å²) in [6, 6.07) is 33.4. The van der Waals surface area contributed by atoms with Crippen LogP contribution in [0.3, 0.4) is 0 Å². The first-order valence-corrected chi connectivity index (χ1v) is 18.9. The lowest BCUT2D eigenvalue weighted by atomic mass is 9.77. The molecule has 4 atom stereocenters. The Hall–Kier alpha value is -5.82. The Morgan fingerprint density at radius 2 is 1.56 bits per heavy atom. The molecule has 1 aliphatic heterocycles. The number of hydrogen-bond donors (Lipinski definition) is 3. The van der Waals surface area contributed by atoms with Gasteiger partial charge in [-0.15, -0.1) is 6.42 Å². The van der Waals surface area contributed by atoms with E-state index in [1.165, 1.54) is 23.0 Å². The molecule has 0 aliphatic carbocycles. The predicted octanol–water partition coefficient (Wildman–Crippen LogP) is 4.97. The number of nitrogens with one attached hydrogen (secondary N) is 1. The highest BCUT2D eigenvalue weighted by Crippen LogP contribution is 2.43. The van der Waals surface area contributed by atoms with Gasteiger partial charge in [0.2, 0.25) is 11.8 Å². The Morgan fingerprint density at radius 1 is 0.945 bits per heavy atom. The molecule has 0 spiro atoms. The molecule has 1 aliphatic rings. The first-order chi connectivity index (χ1) is 26.5. The van der Waals surface area contributed by atoms with Gasteiger partial charge in [-0.2, -0.15) is 18.4 Å². The highest BCUT2D eigenvalue weighted by atomic mass is 32.2. The molecule has 7 rings (SSSR count). The zero-order valence-electron chi connectivity index (χ0n) is 30.2. The van der Waals surface area contributed by atoms with Crippen molar-refractivity contribution in [3.05, 3.63) is 138 Å². The van der Waals surface area contributed by atoms with Gasteiger partial charge in [-0.05, 0) is 54.8 Å². The van der Waals surface area contributed by atoms with Gasteiger partial charge >= 0.3 is 0 Å². The Labute approximate surface area is 318 Å². The number of hydrogen-bond acceptors (Lipinski definition) is 12. The number of methoxy groups -OCH3 is 1. The van der Waals surface area contributed by atoms with Gasteiger partial charge in [-0.3, -0.25) is 8.75 Å². The maximum Gasteiger partial charge on any atom is 0.297 e. The van der Waals surface area contributed by atoms with Crippen LogP contribution in [0.2, 0.25) is 0 Å². The van der Waals surface area contributed by atoms with Crippen molar-refractivity contribution in [3.8, 4) is 24.0 Å². The highest BCUT2D eigenvalue weighted by Gasteiger charge is 2.56. The van der Waals surface area contributed by atoms with Crippen LogP contribution in [0.1, 0.15) is 35.4 Å². The lowest BCUT2D eigenvalue weighted by Crippen LogP contribution is -2.46. The van der Waals surface area contributed by atoms with Gasteiger partial charge in [-0.25, -0.2) is 4.98 Å². The first kappa shape index (κ1) is 37.5. The molecule has 0 saturated carbocycles. The molecule has 282 valence electrons. The van der Waals surface area contributed by atoms with Crippen molar-refractivity contribution >= 4 is 27.2 Å². The molecule has 0 unspecified atom stereocenters. The molecule has 1 fully saturated rings. The monoisotopic (exact) mass is 761 g/mol. The minimum Gasteiger partial charge on any atom is -0.497 e. The fraction of sp³-hybridized carbons (Fsp3) is 0.244. The molecule has 1 saturated heterocycles. The van der Waals surface area contributed by atoms with Gasteiger partial charge in [0, 0.05) is 0 Å². The number of anilines is 1. The number of terminal acetylenes is 1. The number of imidazole rings is 1. The van der Waals surface area contributed by atoms with Gasteiger partial charge in [0.15, 0.2) is 23.0 Å². The van der Waals surface area contributed by atoms with Crippen molar-refractivity contribution in [2.45, 2.75) is 48.3 Å². The van der Waals surface area contributed by atoms with Crippen LogP contribution in [-0.4, -0.2) is 76.3 Å². The number of aromatic nitrogens is 4. The van der Waals surface area contributed by atoms with E-state index in [2.05, 4.69) is 16.2 Å². The highest BCUT2D eigenvalue weighted by molar-refractivity contribution is 7.86. The van der Waals surface area contributed by atoms with Crippen molar-refractivity contribution in [1.82, 2.24) is 19.5 Å². The zero-order chi connectivity index (χ0) is 38.8. The molecular formula is C41H39N5O8S.